The predicted molar refractivity (Wildman–Crippen MR) is 97.9 cm³/mol. The standard InChI is InChI=1S/C17H19ClN2O4S/c1-5-23-16(22)15-11(4)19-17(25-15)20-13(21)8-24-14-9(2)6-12(18)7-10(14)3/h6-7H,5,8H2,1-4H3,(H,19,20,21). The van der Waals surface area contributed by atoms with E-state index in [9.17, 15) is 9.59 Å². The fourth-order valence-electron chi connectivity index (χ4n) is 2.25. The highest BCUT2D eigenvalue weighted by atomic mass is 35.5. The summed E-state index contributed by atoms with van der Waals surface area (Å²) >= 11 is 7.05. The van der Waals surface area contributed by atoms with E-state index >= 15 is 0 Å². The molecule has 0 aliphatic rings. The van der Waals surface area contributed by atoms with Crippen molar-refractivity contribution in [1.82, 2.24) is 4.98 Å². The summed E-state index contributed by atoms with van der Waals surface area (Å²) in [4.78, 5) is 28.4. The molecule has 1 aromatic carbocycles. The number of halogens is 1. The number of carbonyl (C=O) groups is 2. The highest BCUT2D eigenvalue weighted by molar-refractivity contribution is 7.17. The number of hydrogen-bond donors (Lipinski definition) is 1. The van der Waals surface area contributed by atoms with Gasteiger partial charge in [0.05, 0.1) is 12.3 Å². The van der Waals surface area contributed by atoms with Gasteiger partial charge in [-0.15, -0.1) is 0 Å². The van der Waals surface area contributed by atoms with Gasteiger partial charge in [-0.2, -0.15) is 0 Å². The molecule has 0 bridgehead atoms. The van der Waals surface area contributed by atoms with E-state index in [1.54, 1.807) is 26.0 Å². The van der Waals surface area contributed by atoms with E-state index < -0.39 is 5.97 Å². The SMILES string of the molecule is CCOC(=O)c1sc(NC(=O)COc2c(C)cc(Cl)cc2C)nc1C. The first kappa shape index (κ1) is 19.2. The summed E-state index contributed by atoms with van der Waals surface area (Å²) in [7, 11) is 0. The maximum absolute atomic E-state index is 12.1. The molecule has 2 rings (SSSR count). The Hall–Kier alpha value is -2.12. The Morgan fingerprint density at radius 1 is 1.24 bits per heavy atom. The molecule has 0 spiro atoms. The fourth-order valence-corrected chi connectivity index (χ4v) is 3.46. The van der Waals surface area contributed by atoms with Crippen molar-refractivity contribution in [2.24, 2.45) is 0 Å². The Morgan fingerprint density at radius 2 is 1.88 bits per heavy atom. The van der Waals surface area contributed by atoms with E-state index in [2.05, 4.69) is 10.3 Å². The van der Waals surface area contributed by atoms with Gasteiger partial charge in [-0.05, 0) is 51.0 Å². The number of nitrogens with one attached hydrogen (secondary N) is 1. The van der Waals surface area contributed by atoms with Crippen LogP contribution in [0.5, 0.6) is 5.75 Å². The van der Waals surface area contributed by atoms with Gasteiger partial charge in [0.25, 0.3) is 5.91 Å². The van der Waals surface area contributed by atoms with Gasteiger partial charge in [0.2, 0.25) is 0 Å². The van der Waals surface area contributed by atoms with Gasteiger partial charge in [-0.1, -0.05) is 22.9 Å². The van der Waals surface area contributed by atoms with Crippen molar-refractivity contribution in [1.29, 1.82) is 0 Å². The number of aryl methyl sites for hydroxylation is 3. The molecule has 0 atom stereocenters. The third-order valence-electron chi connectivity index (χ3n) is 3.28. The van der Waals surface area contributed by atoms with Crippen LogP contribution < -0.4 is 10.1 Å². The van der Waals surface area contributed by atoms with Crippen LogP contribution in [-0.2, 0) is 9.53 Å². The first-order chi connectivity index (χ1) is 11.8. The first-order valence-electron chi connectivity index (χ1n) is 7.65. The minimum absolute atomic E-state index is 0.170. The van der Waals surface area contributed by atoms with Crippen LogP contribution in [0.1, 0.15) is 33.4 Å². The molecule has 25 heavy (non-hydrogen) atoms. The van der Waals surface area contributed by atoms with Gasteiger partial charge in [0, 0.05) is 5.02 Å². The molecule has 6 nitrogen and oxygen atoms in total. The number of benzene rings is 1. The molecule has 0 saturated heterocycles. The van der Waals surface area contributed by atoms with E-state index in [1.807, 2.05) is 13.8 Å². The smallest absolute Gasteiger partial charge is 0.350 e. The summed E-state index contributed by atoms with van der Waals surface area (Å²) in [6.07, 6.45) is 0. The van der Waals surface area contributed by atoms with Crippen molar-refractivity contribution < 1.29 is 19.1 Å². The lowest BCUT2D eigenvalue weighted by molar-refractivity contribution is -0.118. The van der Waals surface area contributed by atoms with Crippen LogP contribution in [0.3, 0.4) is 0 Å². The topological polar surface area (TPSA) is 77.5 Å². The van der Waals surface area contributed by atoms with Crippen molar-refractivity contribution in [3.63, 3.8) is 0 Å². The quantitative estimate of drug-likeness (QED) is 0.766. The van der Waals surface area contributed by atoms with E-state index in [0.29, 0.717) is 26.5 Å². The maximum atomic E-state index is 12.1. The van der Waals surface area contributed by atoms with Gasteiger partial charge >= 0.3 is 5.97 Å². The van der Waals surface area contributed by atoms with Crippen molar-refractivity contribution >= 4 is 39.9 Å². The highest BCUT2D eigenvalue weighted by Crippen LogP contribution is 2.27. The second kappa shape index (κ2) is 8.31. The molecule has 0 saturated carbocycles. The molecule has 0 aliphatic heterocycles. The molecule has 1 N–H and O–H groups in total. The molecule has 2 aromatic rings. The number of nitrogens with zero attached hydrogens (tertiary/aromatic N) is 1. The monoisotopic (exact) mass is 382 g/mol. The number of thiazole rings is 1. The molecular formula is C17H19ClN2O4S. The van der Waals surface area contributed by atoms with Crippen molar-refractivity contribution in [3.05, 3.63) is 38.9 Å². The van der Waals surface area contributed by atoms with Crippen LogP contribution in [0.2, 0.25) is 5.02 Å². The van der Waals surface area contributed by atoms with E-state index in [1.165, 1.54) is 0 Å². The summed E-state index contributed by atoms with van der Waals surface area (Å²) in [5.41, 5.74) is 2.23. The molecule has 0 unspecified atom stereocenters. The van der Waals surface area contributed by atoms with Gasteiger partial charge in [-0.25, -0.2) is 9.78 Å². The van der Waals surface area contributed by atoms with Crippen LogP contribution in [0.15, 0.2) is 12.1 Å². The lowest BCUT2D eigenvalue weighted by Gasteiger charge is -2.12. The lowest BCUT2D eigenvalue weighted by Crippen LogP contribution is -2.20. The van der Waals surface area contributed by atoms with Crippen LogP contribution in [-0.4, -0.2) is 30.1 Å². The number of amides is 1. The fraction of sp³-hybridized carbons (Fsp3) is 0.353. The molecule has 1 heterocycles. The summed E-state index contributed by atoms with van der Waals surface area (Å²) in [5.74, 6) is -0.179. The number of anilines is 1. The average molecular weight is 383 g/mol. The summed E-state index contributed by atoms with van der Waals surface area (Å²) in [6, 6.07) is 3.55. The average Bonchev–Trinajstić information content (AvgIpc) is 2.86. The molecule has 1 amide bonds. The van der Waals surface area contributed by atoms with Gasteiger partial charge in [0.15, 0.2) is 11.7 Å². The Bertz CT molecular complexity index is 781. The van der Waals surface area contributed by atoms with Gasteiger partial charge in [-0.3, -0.25) is 10.1 Å². The Kier molecular flexibility index (Phi) is 6.39. The molecule has 0 radical (unpaired) electrons. The van der Waals surface area contributed by atoms with Crippen molar-refractivity contribution in [2.75, 3.05) is 18.5 Å². The van der Waals surface area contributed by atoms with Crippen molar-refractivity contribution in [2.45, 2.75) is 27.7 Å². The maximum Gasteiger partial charge on any atom is 0.350 e. The Balaban J connectivity index is 1.99. The van der Waals surface area contributed by atoms with E-state index in [4.69, 9.17) is 21.1 Å². The number of esters is 1. The summed E-state index contributed by atoms with van der Waals surface area (Å²) in [5, 5.41) is 3.58. The summed E-state index contributed by atoms with van der Waals surface area (Å²) < 4.78 is 10.5. The van der Waals surface area contributed by atoms with Gasteiger partial charge in [0.1, 0.15) is 10.6 Å². The number of rotatable bonds is 6. The number of ether oxygens (including phenoxy) is 2. The molecule has 0 fully saturated rings. The van der Waals surface area contributed by atoms with Crippen molar-refractivity contribution in [3.8, 4) is 5.75 Å². The van der Waals surface area contributed by atoms with Crippen LogP contribution in [0, 0.1) is 20.8 Å². The minimum Gasteiger partial charge on any atom is -0.483 e. The molecular weight excluding hydrogens is 364 g/mol. The number of hydrogen-bond acceptors (Lipinski definition) is 6. The molecule has 8 heteroatoms. The van der Waals surface area contributed by atoms with E-state index in [-0.39, 0.29) is 19.1 Å². The minimum atomic E-state index is -0.443. The molecule has 1 aromatic heterocycles. The Morgan fingerprint density at radius 3 is 2.48 bits per heavy atom. The van der Waals surface area contributed by atoms with Crippen LogP contribution in [0.25, 0.3) is 0 Å². The summed E-state index contributed by atoms with van der Waals surface area (Å²) in [6.45, 7) is 7.26. The normalized spacial score (nSPS) is 10.4. The third kappa shape index (κ3) is 4.93. The van der Waals surface area contributed by atoms with Crippen LogP contribution in [0.4, 0.5) is 5.13 Å². The highest BCUT2D eigenvalue weighted by Gasteiger charge is 2.18. The molecule has 0 aliphatic carbocycles. The van der Waals surface area contributed by atoms with Crippen LogP contribution >= 0.6 is 22.9 Å². The number of carbonyl (C=O) groups excluding carboxylic acids is 2. The number of aromatic nitrogens is 1. The third-order valence-corrected chi connectivity index (χ3v) is 4.55. The lowest BCUT2D eigenvalue weighted by atomic mass is 10.1. The van der Waals surface area contributed by atoms with E-state index in [0.717, 1.165) is 22.5 Å². The predicted octanol–water partition coefficient (Wildman–Crippen LogP) is 3.92. The van der Waals surface area contributed by atoms with Gasteiger partial charge < -0.3 is 9.47 Å². The zero-order chi connectivity index (χ0) is 18.6. The zero-order valence-electron chi connectivity index (χ0n) is 14.4. The second-order valence-electron chi connectivity index (χ2n) is 5.36. The Labute approximate surface area is 155 Å². The second-order valence-corrected chi connectivity index (χ2v) is 6.80. The molecule has 134 valence electrons. The first-order valence-corrected chi connectivity index (χ1v) is 8.85. The largest absolute Gasteiger partial charge is 0.483 e. The zero-order valence-corrected chi connectivity index (χ0v) is 16.0.